The fourth-order valence-electron chi connectivity index (χ4n) is 4.13. The molecule has 0 saturated carbocycles. The first-order valence-corrected chi connectivity index (χ1v) is 15.2. The van der Waals surface area contributed by atoms with Gasteiger partial charge in [-0.3, -0.25) is 19.3 Å². The number of nitrogens with one attached hydrogen (secondary N) is 3. The maximum atomic E-state index is 12.8. The highest BCUT2D eigenvalue weighted by Crippen LogP contribution is 2.30. The zero-order chi connectivity index (χ0) is 32.5. The normalized spacial score (nSPS) is 13.5. The van der Waals surface area contributed by atoms with E-state index in [1.165, 1.54) is 60.7 Å². The molecule has 15 heteroatoms. The van der Waals surface area contributed by atoms with Gasteiger partial charge in [-0.15, -0.1) is 0 Å². The van der Waals surface area contributed by atoms with Gasteiger partial charge in [-0.1, -0.05) is 18.6 Å². The van der Waals surface area contributed by atoms with Crippen LogP contribution in [-0.4, -0.2) is 51.8 Å². The SMILES string of the molecule is O=C(COC(=O)c1ccc(OCC(=O)Nc2cccc(C(F)(F)F)c2)cc1)Nc1cccc(S(=O)(=O)NC2=NCCCCC2)c1. The van der Waals surface area contributed by atoms with Gasteiger partial charge < -0.3 is 20.1 Å². The molecule has 0 bridgehead atoms. The largest absolute Gasteiger partial charge is 0.484 e. The van der Waals surface area contributed by atoms with Crippen molar-refractivity contribution in [2.45, 2.75) is 36.8 Å². The summed E-state index contributed by atoms with van der Waals surface area (Å²) in [5.74, 6) is -1.64. The van der Waals surface area contributed by atoms with Crippen molar-refractivity contribution in [1.29, 1.82) is 0 Å². The Balaban J connectivity index is 1.23. The van der Waals surface area contributed by atoms with Gasteiger partial charge in [0.05, 0.1) is 16.0 Å². The molecular weight excluding hydrogens is 617 g/mol. The van der Waals surface area contributed by atoms with Crippen LogP contribution in [0, 0.1) is 0 Å². The first-order valence-electron chi connectivity index (χ1n) is 13.7. The molecule has 2 amide bonds. The van der Waals surface area contributed by atoms with Crippen molar-refractivity contribution >= 4 is 45.0 Å². The predicted molar refractivity (Wildman–Crippen MR) is 158 cm³/mol. The van der Waals surface area contributed by atoms with E-state index in [1.807, 2.05) is 0 Å². The Bertz CT molecular complexity index is 1680. The molecule has 4 rings (SSSR count). The first-order chi connectivity index (χ1) is 21.4. The Hall–Kier alpha value is -4.92. The molecule has 0 saturated heterocycles. The quantitative estimate of drug-likeness (QED) is 0.269. The molecule has 238 valence electrons. The van der Waals surface area contributed by atoms with Gasteiger partial charge in [-0.25, -0.2) is 13.2 Å². The number of amides is 2. The van der Waals surface area contributed by atoms with Gasteiger partial charge in [0, 0.05) is 24.3 Å². The molecule has 0 spiro atoms. The van der Waals surface area contributed by atoms with Gasteiger partial charge in [0.2, 0.25) is 0 Å². The van der Waals surface area contributed by atoms with E-state index in [1.54, 1.807) is 0 Å². The smallest absolute Gasteiger partial charge is 0.416 e. The van der Waals surface area contributed by atoms with Crippen LogP contribution in [0.15, 0.2) is 82.7 Å². The van der Waals surface area contributed by atoms with E-state index < -0.39 is 52.8 Å². The van der Waals surface area contributed by atoms with E-state index in [2.05, 4.69) is 20.3 Å². The van der Waals surface area contributed by atoms with Crippen LogP contribution in [0.2, 0.25) is 0 Å². The third kappa shape index (κ3) is 10.1. The van der Waals surface area contributed by atoms with E-state index in [9.17, 15) is 36.0 Å². The molecule has 1 aliphatic rings. The fraction of sp³-hybridized carbons (Fsp3) is 0.267. The van der Waals surface area contributed by atoms with Crippen molar-refractivity contribution in [2.24, 2.45) is 4.99 Å². The Kier molecular flexibility index (Phi) is 10.8. The van der Waals surface area contributed by atoms with E-state index in [0.29, 0.717) is 18.8 Å². The van der Waals surface area contributed by atoms with Crippen molar-refractivity contribution in [1.82, 2.24) is 4.72 Å². The maximum absolute atomic E-state index is 12.8. The van der Waals surface area contributed by atoms with Gasteiger partial charge in [0.25, 0.3) is 21.8 Å². The van der Waals surface area contributed by atoms with Gasteiger partial charge >= 0.3 is 12.1 Å². The summed E-state index contributed by atoms with van der Waals surface area (Å²) in [6.45, 7) is -0.606. The standard InChI is InChI=1S/C30H29F3N4O7S/c31-30(32,33)21-6-4-7-22(16-21)35-27(38)18-43-24-13-11-20(12-14-24)29(40)44-19-28(39)36-23-8-5-9-25(17-23)45(41,42)37-26-10-2-1-3-15-34-26/h4-9,11-14,16-17H,1-3,10,15,18-19H2,(H,34,37)(H,35,38)(H,36,39). The number of amidine groups is 1. The van der Waals surface area contributed by atoms with Crippen molar-refractivity contribution in [2.75, 3.05) is 30.4 Å². The van der Waals surface area contributed by atoms with Gasteiger partial charge in [0.15, 0.2) is 13.2 Å². The summed E-state index contributed by atoms with van der Waals surface area (Å²) in [6, 6.07) is 15.2. The zero-order valence-corrected chi connectivity index (χ0v) is 24.5. The topological polar surface area (TPSA) is 152 Å². The van der Waals surface area contributed by atoms with Crippen LogP contribution in [0.5, 0.6) is 5.75 Å². The minimum Gasteiger partial charge on any atom is -0.484 e. The van der Waals surface area contributed by atoms with Gasteiger partial charge in [-0.05, 0) is 73.5 Å². The maximum Gasteiger partial charge on any atom is 0.416 e. The number of alkyl halides is 3. The Morgan fingerprint density at radius 2 is 1.49 bits per heavy atom. The summed E-state index contributed by atoms with van der Waals surface area (Å²) >= 11 is 0. The highest BCUT2D eigenvalue weighted by atomic mass is 32.2. The van der Waals surface area contributed by atoms with Gasteiger partial charge in [0.1, 0.15) is 11.6 Å². The summed E-state index contributed by atoms with van der Waals surface area (Å²) in [5.41, 5.74) is -0.699. The summed E-state index contributed by atoms with van der Waals surface area (Å²) in [4.78, 5) is 41.1. The number of carbonyl (C=O) groups is 3. The lowest BCUT2D eigenvalue weighted by atomic mass is 10.2. The van der Waals surface area contributed by atoms with Crippen LogP contribution in [0.1, 0.15) is 41.6 Å². The van der Waals surface area contributed by atoms with Crippen LogP contribution in [0.4, 0.5) is 24.5 Å². The number of carbonyl (C=O) groups excluding carboxylic acids is 3. The number of hydrogen-bond donors (Lipinski definition) is 3. The number of anilines is 2. The molecule has 3 N–H and O–H groups in total. The second-order valence-corrected chi connectivity index (χ2v) is 11.5. The number of halogens is 3. The second kappa shape index (κ2) is 14.7. The lowest BCUT2D eigenvalue weighted by Crippen LogP contribution is -2.30. The number of rotatable bonds is 10. The average molecular weight is 647 g/mol. The van der Waals surface area contributed by atoms with Crippen LogP contribution < -0.4 is 20.1 Å². The molecule has 0 unspecified atom stereocenters. The Labute approximate surface area is 256 Å². The van der Waals surface area contributed by atoms with Crippen molar-refractivity contribution in [3.05, 3.63) is 83.9 Å². The molecule has 1 aliphatic heterocycles. The molecule has 3 aromatic carbocycles. The van der Waals surface area contributed by atoms with E-state index in [4.69, 9.17) is 9.47 Å². The number of hydrogen-bond acceptors (Lipinski definition) is 8. The average Bonchev–Trinajstić information content (AvgIpc) is 3.27. The number of esters is 1. The zero-order valence-electron chi connectivity index (χ0n) is 23.7. The van der Waals surface area contributed by atoms with E-state index in [-0.39, 0.29) is 27.6 Å². The number of sulfonamides is 1. The summed E-state index contributed by atoms with van der Waals surface area (Å²) in [6.07, 6.45) is -1.32. The second-order valence-electron chi connectivity index (χ2n) is 9.84. The van der Waals surface area contributed by atoms with Crippen LogP contribution in [-0.2, 0) is 30.5 Å². The third-order valence-corrected chi connectivity index (χ3v) is 7.70. The van der Waals surface area contributed by atoms with Crippen molar-refractivity contribution in [3.63, 3.8) is 0 Å². The number of benzene rings is 3. The molecule has 11 nitrogen and oxygen atoms in total. The summed E-state index contributed by atoms with van der Waals surface area (Å²) in [7, 11) is -3.92. The molecule has 3 aromatic rings. The first kappa shape index (κ1) is 33.0. The van der Waals surface area contributed by atoms with Crippen LogP contribution >= 0.6 is 0 Å². The minimum atomic E-state index is -4.55. The molecule has 0 aliphatic carbocycles. The Morgan fingerprint density at radius 3 is 2.20 bits per heavy atom. The highest BCUT2D eigenvalue weighted by molar-refractivity contribution is 7.90. The van der Waals surface area contributed by atoms with Crippen LogP contribution in [0.25, 0.3) is 0 Å². The Morgan fingerprint density at radius 1 is 0.822 bits per heavy atom. The number of nitrogens with zero attached hydrogens (tertiary/aromatic N) is 1. The van der Waals surface area contributed by atoms with E-state index >= 15 is 0 Å². The highest BCUT2D eigenvalue weighted by Gasteiger charge is 2.30. The molecule has 0 atom stereocenters. The fourth-order valence-corrected chi connectivity index (χ4v) is 5.26. The van der Waals surface area contributed by atoms with E-state index in [0.717, 1.165) is 31.4 Å². The predicted octanol–water partition coefficient (Wildman–Crippen LogP) is 4.77. The molecule has 0 aromatic heterocycles. The van der Waals surface area contributed by atoms with Crippen LogP contribution in [0.3, 0.4) is 0 Å². The summed E-state index contributed by atoms with van der Waals surface area (Å²) in [5, 5.41) is 4.80. The molecular formula is C30H29F3N4O7S. The molecule has 0 fully saturated rings. The third-order valence-electron chi connectivity index (χ3n) is 6.32. The van der Waals surface area contributed by atoms with Crippen molar-refractivity contribution < 1.29 is 45.4 Å². The molecule has 45 heavy (non-hydrogen) atoms. The molecule has 0 radical (unpaired) electrons. The monoisotopic (exact) mass is 646 g/mol. The van der Waals surface area contributed by atoms with Crippen molar-refractivity contribution in [3.8, 4) is 5.75 Å². The summed E-state index contributed by atoms with van der Waals surface area (Å²) < 4.78 is 77.0. The number of ether oxygens (including phenoxy) is 2. The lowest BCUT2D eigenvalue weighted by molar-refractivity contribution is -0.137. The van der Waals surface area contributed by atoms with Gasteiger partial charge in [-0.2, -0.15) is 13.2 Å². The minimum absolute atomic E-state index is 0.0456. The molecule has 1 heterocycles. The number of aliphatic imine (C=N–C) groups is 1. The lowest BCUT2D eigenvalue weighted by Gasteiger charge is -2.12.